The van der Waals surface area contributed by atoms with Crippen molar-refractivity contribution in [1.82, 2.24) is 15.5 Å². The van der Waals surface area contributed by atoms with E-state index >= 15 is 0 Å². The average Bonchev–Trinajstić information content (AvgIpc) is 3.27. The minimum atomic E-state index is 0.233. The lowest BCUT2D eigenvalue weighted by atomic mass is 9.88. The maximum atomic E-state index is 6.02. The lowest BCUT2D eigenvalue weighted by molar-refractivity contribution is -0.0164. The maximum absolute atomic E-state index is 6.02. The van der Waals surface area contributed by atoms with E-state index < -0.39 is 0 Å². The molecule has 0 aromatic carbocycles. The van der Waals surface area contributed by atoms with Gasteiger partial charge in [-0.05, 0) is 58.0 Å². The third kappa shape index (κ3) is 6.33. The van der Waals surface area contributed by atoms with Crippen molar-refractivity contribution in [2.75, 3.05) is 53.0 Å². The Labute approximate surface area is 165 Å². The summed E-state index contributed by atoms with van der Waals surface area (Å²) in [6.45, 7) is 6.93. The maximum Gasteiger partial charge on any atom is 0.191 e. The van der Waals surface area contributed by atoms with Crippen molar-refractivity contribution in [3.05, 3.63) is 0 Å². The van der Waals surface area contributed by atoms with Crippen LogP contribution < -0.4 is 10.6 Å². The molecule has 0 bridgehead atoms. The van der Waals surface area contributed by atoms with Gasteiger partial charge >= 0.3 is 0 Å². The zero-order chi connectivity index (χ0) is 18.8. The van der Waals surface area contributed by atoms with Gasteiger partial charge in [-0.25, -0.2) is 0 Å². The SMILES string of the molecule is CN=C(NCCCOC1CCCCC1)NCC1(N2CCCC2)CCOCC1. The zero-order valence-electron chi connectivity index (χ0n) is 17.3. The van der Waals surface area contributed by atoms with E-state index in [0.29, 0.717) is 6.10 Å². The molecule has 156 valence electrons. The second-order valence-corrected chi connectivity index (χ2v) is 8.37. The number of likely N-dealkylation sites (tertiary alicyclic amines) is 1. The Kier molecular flexibility index (Phi) is 8.68. The molecule has 0 amide bonds. The quantitative estimate of drug-likeness (QED) is 0.385. The summed E-state index contributed by atoms with van der Waals surface area (Å²) in [4.78, 5) is 7.11. The third-order valence-electron chi connectivity index (χ3n) is 6.53. The summed E-state index contributed by atoms with van der Waals surface area (Å²) in [5, 5.41) is 7.06. The largest absolute Gasteiger partial charge is 0.381 e. The molecule has 27 heavy (non-hydrogen) atoms. The molecule has 2 saturated heterocycles. The molecule has 1 saturated carbocycles. The molecule has 3 rings (SSSR count). The molecule has 0 unspecified atom stereocenters. The van der Waals surface area contributed by atoms with Gasteiger partial charge in [-0.2, -0.15) is 0 Å². The van der Waals surface area contributed by atoms with Gasteiger partial charge in [0.25, 0.3) is 0 Å². The van der Waals surface area contributed by atoms with Crippen molar-refractivity contribution in [3.8, 4) is 0 Å². The Morgan fingerprint density at radius 3 is 2.52 bits per heavy atom. The van der Waals surface area contributed by atoms with Crippen molar-refractivity contribution < 1.29 is 9.47 Å². The fraction of sp³-hybridized carbons (Fsp3) is 0.952. The topological polar surface area (TPSA) is 58.1 Å². The molecular weight excluding hydrogens is 340 g/mol. The summed E-state index contributed by atoms with van der Waals surface area (Å²) in [6.07, 6.45) is 13.0. The third-order valence-corrected chi connectivity index (χ3v) is 6.53. The molecule has 6 heteroatoms. The molecule has 0 atom stereocenters. The minimum absolute atomic E-state index is 0.233. The van der Waals surface area contributed by atoms with E-state index in [4.69, 9.17) is 9.47 Å². The lowest BCUT2D eigenvalue weighted by Gasteiger charge is -2.45. The van der Waals surface area contributed by atoms with Crippen LogP contribution in [0, 0.1) is 0 Å². The van der Waals surface area contributed by atoms with Crippen LogP contribution in [0.1, 0.15) is 64.2 Å². The van der Waals surface area contributed by atoms with E-state index in [1.165, 1.54) is 58.0 Å². The number of nitrogens with one attached hydrogen (secondary N) is 2. The van der Waals surface area contributed by atoms with Crippen molar-refractivity contribution in [3.63, 3.8) is 0 Å². The van der Waals surface area contributed by atoms with Crippen LogP contribution in [0.15, 0.2) is 4.99 Å². The second kappa shape index (κ2) is 11.2. The van der Waals surface area contributed by atoms with E-state index in [1.54, 1.807) is 0 Å². The number of ether oxygens (including phenoxy) is 2. The van der Waals surface area contributed by atoms with Crippen molar-refractivity contribution in [1.29, 1.82) is 0 Å². The van der Waals surface area contributed by atoms with Crippen LogP contribution in [0.3, 0.4) is 0 Å². The first-order valence-electron chi connectivity index (χ1n) is 11.2. The summed E-state index contributed by atoms with van der Waals surface area (Å²) in [5.41, 5.74) is 0.233. The van der Waals surface area contributed by atoms with E-state index in [0.717, 1.165) is 58.1 Å². The standard InChI is InChI=1S/C21H40N4O2/c1-22-20(23-12-7-15-27-19-8-3-2-4-9-19)24-18-21(10-16-26-17-11-21)25-13-5-6-14-25/h19H,2-18H2,1H3,(H2,22,23,24). The van der Waals surface area contributed by atoms with Crippen molar-refractivity contribution in [2.24, 2.45) is 4.99 Å². The predicted molar refractivity (Wildman–Crippen MR) is 110 cm³/mol. The zero-order valence-corrected chi connectivity index (χ0v) is 17.3. The number of aliphatic imine (C=N–C) groups is 1. The highest BCUT2D eigenvalue weighted by molar-refractivity contribution is 5.79. The van der Waals surface area contributed by atoms with Gasteiger partial charge in [0, 0.05) is 45.5 Å². The van der Waals surface area contributed by atoms with Gasteiger partial charge < -0.3 is 20.1 Å². The van der Waals surface area contributed by atoms with Crippen molar-refractivity contribution in [2.45, 2.75) is 75.9 Å². The van der Waals surface area contributed by atoms with Crippen LogP contribution in [0.25, 0.3) is 0 Å². The highest BCUT2D eigenvalue weighted by Gasteiger charge is 2.39. The Balaban J connectivity index is 1.36. The molecule has 0 aromatic heterocycles. The first-order chi connectivity index (χ1) is 13.3. The Morgan fingerprint density at radius 2 is 1.81 bits per heavy atom. The highest BCUT2D eigenvalue weighted by Crippen LogP contribution is 2.30. The molecule has 2 aliphatic heterocycles. The molecule has 0 aromatic rings. The summed E-state index contributed by atoms with van der Waals surface area (Å²) < 4.78 is 11.7. The van der Waals surface area contributed by atoms with Crippen LogP contribution in [0.2, 0.25) is 0 Å². The fourth-order valence-corrected chi connectivity index (χ4v) is 4.78. The average molecular weight is 381 g/mol. The van der Waals surface area contributed by atoms with Crippen molar-refractivity contribution >= 4 is 5.96 Å². The Morgan fingerprint density at radius 1 is 1.07 bits per heavy atom. The van der Waals surface area contributed by atoms with Crippen LogP contribution in [0.5, 0.6) is 0 Å². The van der Waals surface area contributed by atoms with Gasteiger partial charge in [0.1, 0.15) is 0 Å². The molecule has 3 aliphatic rings. The number of hydrogen-bond acceptors (Lipinski definition) is 4. The predicted octanol–water partition coefficient (Wildman–Crippen LogP) is 2.54. The second-order valence-electron chi connectivity index (χ2n) is 8.37. The minimum Gasteiger partial charge on any atom is -0.381 e. The Hall–Kier alpha value is -0.850. The molecule has 2 N–H and O–H groups in total. The first-order valence-corrected chi connectivity index (χ1v) is 11.2. The van der Waals surface area contributed by atoms with Gasteiger partial charge in [-0.15, -0.1) is 0 Å². The number of hydrogen-bond donors (Lipinski definition) is 2. The van der Waals surface area contributed by atoms with Gasteiger partial charge in [0.05, 0.1) is 6.10 Å². The molecule has 0 spiro atoms. The van der Waals surface area contributed by atoms with E-state index in [1.807, 2.05) is 7.05 Å². The van der Waals surface area contributed by atoms with E-state index in [2.05, 4.69) is 20.5 Å². The summed E-state index contributed by atoms with van der Waals surface area (Å²) in [5.74, 6) is 0.915. The van der Waals surface area contributed by atoms with E-state index in [9.17, 15) is 0 Å². The van der Waals surface area contributed by atoms with Gasteiger partial charge in [-0.1, -0.05) is 19.3 Å². The van der Waals surface area contributed by atoms with E-state index in [-0.39, 0.29) is 5.54 Å². The van der Waals surface area contributed by atoms with Crippen LogP contribution in [-0.4, -0.2) is 75.5 Å². The summed E-state index contributed by atoms with van der Waals surface area (Å²) in [6, 6.07) is 0. The number of rotatable bonds is 8. The van der Waals surface area contributed by atoms with Gasteiger partial charge in [0.15, 0.2) is 5.96 Å². The molecule has 3 fully saturated rings. The normalized spacial score (nSPS) is 24.9. The van der Waals surface area contributed by atoms with Crippen LogP contribution in [-0.2, 0) is 9.47 Å². The first kappa shape index (κ1) is 20.9. The highest BCUT2D eigenvalue weighted by atomic mass is 16.5. The summed E-state index contributed by atoms with van der Waals surface area (Å²) >= 11 is 0. The number of guanidine groups is 1. The number of nitrogens with zero attached hydrogens (tertiary/aromatic N) is 2. The molecule has 2 heterocycles. The summed E-state index contributed by atoms with van der Waals surface area (Å²) in [7, 11) is 1.86. The molecule has 1 aliphatic carbocycles. The molecular formula is C21H40N4O2. The smallest absolute Gasteiger partial charge is 0.191 e. The monoisotopic (exact) mass is 380 g/mol. The Bertz CT molecular complexity index is 439. The van der Waals surface area contributed by atoms with Gasteiger partial charge in [-0.3, -0.25) is 9.89 Å². The molecule has 6 nitrogen and oxygen atoms in total. The van der Waals surface area contributed by atoms with Gasteiger partial charge in [0.2, 0.25) is 0 Å². The lowest BCUT2D eigenvalue weighted by Crippen LogP contribution is -2.58. The molecule has 0 radical (unpaired) electrons. The van der Waals surface area contributed by atoms with Crippen LogP contribution in [0.4, 0.5) is 0 Å². The van der Waals surface area contributed by atoms with Crippen LogP contribution >= 0.6 is 0 Å². The fourth-order valence-electron chi connectivity index (χ4n) is 4.78.